The maximum absolute atomic E-state index is 12.8. The number of carbonyl (C=O) groups excluding carboxylic acids is 2. The summed E-state index contributed by atoms with van der Waals surface area (Å²) in [6, 6.07) is 0.0343. The van der Waals surface area contributed by atoms with E-state index in [2.05, 4.69) is 6.92 Å². The molecule has 2 atom stereocenters. The molecule has 3 rings (SSSR count). The predicted octanol–water partition coefficient (Wildman–Crippen LogP) is 1.02. The largest absolute Gasteiger partial charge is 0.381 e. The van der Waals surface area contributed by atoms with Crippen molar-refractivity contribution < 1.29 is 14.3 Å². The van der Waals surface area contributed by atoms with Crippen LogP contribution in [0, 0.1) is 5.92 Å². The van der Waals surface area contributed by atoms with Crippen LogP contribution in [0.15, 0.2) is 0 Å². The van der Waals surface area contributed by atoms with Crippen molar-refractivity contribution in [1.29, 1.82) is 0 Å². The van der Waals surface area contributed by atoms with Gasteiger partial charge in [-0.15, -0.1) is 0 Å². The van der Waals surface area contributed by atoms with Crippen LogP contribution < -0.4 is 0 Å². The summed E-state index contributed by atoms with van der Waals surface area (Å²) < 4.78 is 5.41. The Morgan fingerprint density at radius 2 is 1.90 bits per heavy atom. The van der Waals surface area contributed by atoms with Crippen molar-refractivity contribution in [3.63, 3.8) is 0 Å². The first-order valence-corrected chi connectivity index (χ1v) is 7.86. The summed E-state index contributed by atoms with van der Waals surface area (Å²) in [5.41, 5.74) is 0. The van der Waals surface area contributed by atoms with E-state index in [4.69, 9.17) is 4.74 Å². The van der Waals surface area contributed by atoms with E-state index >= 15 is 0 Å². The summed E-state index contributed by atoms with van der Waals surface area (Å²) in [7, 11) is 0. The van der Waals surface area contributed by atoms with Gasteiger partial charge in [-0.1, -0.05) is 0 Å². The second-order valence-electron chi connectivity index (χ2n) is 6.22. The zero-order chi connectivity index (χ0) is 14.1. The molecule has 0 N–H and O–H groups in total. The Bertz CT molecular complexity index is 393. The molecule has 3 heterocycles. The van der Waals surface area contributed by atoms with Crippen molar-refractivity contribution >= 4 is 11.8 Å². The zero-order valence-corrected chi connectivity index (χ0v) is 12.2. The number of nitrogens with zero attached hydrogens (tertiary/aromatic N) is 2. The van der Waals surface area contributed by atoms with Crippen LogP contribution in [-0.4, -0.2) is 60.0 Å². The van der Waals surface area contributed by atoms with E-state index in [0.717, 1.165) is 45.4 Å². The summed E-state index contributed by atoms with van der Waals surface area (Å²) in [6.45, 7) is 5.08. The van der Waals surface area contributed by atoms with E-state index in [0.29, 0.717) is 18.9 Å². The van der Waals surface area contributed by atoms with Crippen molar-refractivity contribution in [2.24, 2.45) is 5.92 Å². The van der Waals surface area contributed by atoms with E-state index < -0.39 is 0 Å². The average molecular weight is 280 g/mol. The Morgan fingerprint density at radius 1 is 1.15 bits per heavy atom. The number of fused-ring (bicyclic) bond motifs is 1. The first-order chi connectivity index (χ1) is 9.68. The van der Waals surface area contributed by atoms with Crippen molar-refractivity contribution in [3.05, 3.63) is 0 Å². The quantitative estimate of drug-likeness (QED) is 0.759. The molecule has 112 valence electrons. The molecular formula is C15H24N2O3. The lowest BCUT2D eigenvalue weighted by Crippen LogP contribution is -2.49. The number of rotatable bonds is 2. The number of hydrogen-bond acceptors (Lipinski definition) is 3. The van der Waals surface area contributed by atoms with Gasteiger partial charge in [-0.25, -0.2) is 0 Å². The standard InChI is InChI=1S/C15H24N2O3/c1-11(12-5-9-20-10-6-12)16-8-4-14(18)17-7-2-3-13(17)15(16)19/h11-13H,2-10H2,1H3. The van der Waals surface area contributed by atoms with Gasteiger partial charge < -0.3 is 14.5 Å². The number of hydrogen-bond donors (Lipinski definition) is 0. The molecule has 3 saturated heterocycles. The van der Waals surface area contributed by atoms with Crippen LogP contribution in [-0.2, 0) is 14.3 Å². The fourth-order valence-electron chi connectivity index (χ4n) is 3.84. The van der Waals surface area contributed by atoms with E-state index in [1.807, 2.05) is 4.90 Å². The minimum atomic E-state index is -0.188. The third kappa shape index (κ3) is 2.43. The first-order valence-electron chi connectivity index (χ1n) is 7.86. The van der Waals surface area contributed by atoms with Gasteiger partial charge in [-0.3, -0.25) is 9.59 Å². The average Bonchev–Trinajstić information content (AvgIpc) is 2.93. The second kappa shape index (κ2) is 5.72. The van der Waals surface area contributed by atoms with Crippen LogP contribution in [0.2, 0.25) is 0 Å². The van der Waals surface area contributed by atoms with Gasteiger partial charge in [0.15, 0.2) is 0 Å². The first kappa shape index (κ1) is 13.9. The van der Waals surface area contributed by atoms with Crippen LogP contribution in [0.4, 0.5) is 0 Å². The lowest BCUT2D eigenvalue weighted by atomic mass is 9.91. The molecule has 0 aromatic carbocycles. The Hall–Kier alpha value is -1.10. The van der Waals surface area contributed by atoms with Crippen LogP contribution in [0.1, 0.15) is 39.0 Å². The molecule has 3 fully saturated rings. The molecule has 0 aromatic rings. The summed E-state index contributed by atoms with van der Waals surface area (Å²) >= 11 is 0. The minimum Gasteiger partial charge on any atom is -0.381 e. The predicted molar refractivity (Wildman–Crippen MR) is 74.1 cm³/mol. The van der Waals surface area contributed by atoms with Gasteiger partial charge in [-0.2, -0.15) is 0 Å². The number of amides is 2. The fraction of sp³-hybridized carbons (Fsp3) is 0.867. The summed E-state index contributed by atoms with van der Waals surface area (Å²) in [5, 5.41) is 0. The van der Waals surface area contributed by atoms with Crippen molar-refractivity contribution in [2.75, 3.05) is 26.3 Å². The number of carbonyl (C=O) groups is 2. The fourth-order valence-corrected chi connectivity index (χ4v) is 3.84. The molecule has 0 aliphatic carbocycles. The zero-order valence-electron chi connectivity index (χ0n) is 12.2. The molecule has 20 heavy (non-hydrogen) atoms. The Balaban J connectivity index is 1.74. The molecule has 0 spiro atoms. The Kier molecular flexibility index (Phi) is 3.96. The van der Waals surface area contributed by atoms with E-state index in [1.54, 1.807) is 4.90 Å². The highest BCUT2D eigenvalue weighted by Crippen LogP contribution is 2.28. The van der Waals surface area contributed by atoms with Crippen molar-refractivity contribution in [2.45, 2.75) is 51.1 Å². The molecule has 5 heteroatoms. The third-order valence-electron chi connectivity index (χ3n) is 5.15. The van der Waals surface area contributed by atoms with Gasteiger partial charge >= 0.3 is 0 Å². The number of ether oxygens (including phenoxy) is 1. The van der Waals surface area contributed by atoms with E-state index in [1.165, 1.54) is 0 Å². The molecule has 0 radical (unpaired) electrons. The summed E-state index contributed by atoms with van der Waals surface area (Å²) in [4.78, 5) is 28.7. The molecule has 3 aliphatic rings. The maximum atomic E-state index is 12.8. The second-order valence-corrected chi connectivity index (χ2v) is 6.22. The molecule has 2 unspecified atom stereocenters. The smallest absolute Gasteiger partial charge is 0.245 e. The molecule has 0 bridgehead atoms. The van der Waals surface area contributed by atoms with Gasteiger partial charge in [0.25, 0.3) is 0 Å². The van der Waals surface area contributed by atoms with E-state index in [-0.39, 0.29) is 23.9 Å². The minimum absolute atomic E-state index is 0.155. The molecule has 0 saturated carbocycles. The molecule has 0 aromatic heterocycles. The van der Waals surface area contributed by atoms with Gasteiger partial charge in [0.2, 0.25) is 11.8 Å². The van der Waals surface area contributed by atoms with Crippen LogP contribution in [0.25, 0.3) is 0 Å². The SMILES string of the molecule is CC(C1CCOCC1)N1CCC(=O)N2CCCC2C1=O. The third-order valence-corrected chi connectivity index (χ3v) is 5.15. The summed E-state index contributed by atoms with van der Waals surface area (Å²) in [6.07, 6.45) is 4.32. The monoisotopic (exact) mass is 280 g/mol. The molecule has 5 nitrogen and oxygen atoms in total. The van der Waals surface area contributed by atoms with Crippen LogP contribution >= 0.6 is 0 Å². The van der Waals surface area contributed by atoms with Gasteiger partial charge in [-0.05, 0) is 38.5 Å². The van der Waals surface area contributed by atoms with Crippen LogP contribution in [0.3, 0.4) is 0 Å². The van der Waals surface area contributed by atoms with Gasteiger partial charge in [0.1, 0.15) is 6.04 Å². The highest BCUT2D eigenvalue weighted by atomic mass is 16.5. The maximum Gasteiger partial charge on any atom is 0.245 e. The molecule has 2 amide bonds. The molecular weight excluding hydrogens is 256 g/mol. The summed E-state index contributed by atoms with van der Waals surface area (Å²) in [5.74, 6) is 0.839. The highest BCUT2D eigenvalue weighted by Gasteiger charge is 2.41. The topological polar surface area (TPSA) is 49.9 Å². The molecule has 3 aliphatic heterocycles. The Morgan fingerprint density at radius 3 is 2.65 bits per heavy atom. The van der Waals surface area contributed by atoms with Crippen LogP contribution in [0.5, 0.6) is 0 Å². The lowest BCUT2D eigenvalue weighted by Gasteiger charge is -2.37. The van der Waals surface area contributed by atoms with E-state index in [9.17, 15) is 9.59 Å². The van der Waals surface area contributed by atoms with Gasteiger partial charge in [0, 0.05) is 38.8 Å². The normalized spacial score (nSPS) is 30.4. The Labute approximate surface area is 120 Å². The lowest BCUT2D eigenvalue weighted by molar-refractivity contribution is -0.141. The van der Waals surface area contributed by atoms with Gasteiger partial charge in [0.05, 0.1) is 0 Å². The highest BCUT2D eigenvalue weighted by molar-refractivity contribution is 5.90. The van der Waals surface area contributed by atoms with Crippen molar-refractivity contribution in [3.8, 4) is 0 Å². The van der Waals surface area contributed by atoms with Crippen molar-refractivity contribution in [1.82, 2.24) is 9.80 Å².